The topological polar surface area (TPSA) is 79.5 Å². The molecule has 1 aliphatic carbocycles. The highest BCUT2D eigenvalue weighted by molar-refractivity contribution is 5.90. The zero-order valence-corrected chi connectivity index (χ0v) is 10.5. The molecule has 5 nitrogen and oxygen atoms in total. The van der Waals surface area contributed by atoms with Gasteiger partial charge in [0.1, 0.15) is 5.76 Å². The fourth-order valence-corrected chi connectivity index (χ4v) is 2.54. The van der Waals surface area contributed by atoms with Gasteiger partial charge in [0.25, 0.3) is 0 Å². The van der Waals surface area contributed by atoms with Gasteiger partial charge in [-0.2, -0.15) is 0 Å². The summed E-state index contributed by atoms with van der Waals surface area (Å²) in [6.07, 6.45) is 1.96. The number of carbonyl (C=O) groups excluding carboxylic acids is 2. The number of rotatable bonds is 2. The third-order valence-corrected chi connectivity index (χ3v) is 3.23. The second kappa shape index (κ2) is 4.57. The second-order valence-electron chi connectivity index (χ2n) is 5.14. The summed E-state index contributed by atoms with van der Waals surface area (Å²) in [6.45, 7) is 3.00. The molecule has 98 valence electrons. The molecule has 18 heavy (non-hydrogen) atoms. The predicted molar refractivity (Wildman–Crippen MR) is 63.9 cm³/mol. The average molecular weight is 251 g/mol. The lowest BCUT2D eigenvalue weighted by atomic mass is 9.74. The maximum atomic E-state index is 12.0. The minimum Gasteiger partial charge on any atom is -0.469 e. The van der Waals surface area contributed by atoms with Crippen molar-refractivity contribution in [2.24, 2.45) is 0 Å². The Morgan fingerprint density at radius 3 is 2.89 bits per heavy atom. The van der Waals surface area contributed by atoms with E-state index in [9.17, 15) is 14.7 Å². The smallest absolute Gasteiger partial charge is 0.217 e. The van der Waals surface area contributed by atoms with Crippen molar-refractivity contribution in [3.63, 3.8) is 0 Å². The molecule has 0 saturated heterocycles. The molecule has 1 saturated carbocycles. The third-order valence-electron chi connectivity index (χ3n) is 3.23. The van der Waals surface area contributed by atoms with Gasteiger partial charge in [-0.3, -0.25) is 9.59 Å². The van der Waals surface area contributed by atoms with Gasteiger partial charge in [0.05, 0.1) is 17.9 Å². The molecule has 0 radical (unpaired) electrons. The zero-order valence-electron chi connectivity index (χ0n) is 10.5. The predicted octanol–water partition coefficient (Wildman–Crippen LogP) is 0.982. The number of carbonyl (C=O) groups is 2. The van der Waals surface area contributed by atoms with E-state index in [1.807, 2.05) is 0 Å². The Balaban J connectivity index is 2.29. The maximum Gasteiger partial charge on any atom is 0.217 e. The van der Waals surface area contributed by atoms with Gasteiger partial charge >= 0.3 is 0 Å². The van der Waals surface area contributed by atoms with E-state index in [1.54, 1.807) is 19.1 Å². The largest absolute Gasteiger partial charge is 0.469 e. The molecular weight excluding hydrogens is 234 g/mol. The first-order chi connectivity index (χ1) is 8.39. The van der Waals surface area contributed by atoms with E-state index in [4.69, 9.17) is 4.42 Å². The van der Waals surface area contributed by atoms with Gasteiger partial charge < -0.3 is 14.8 Å². The molecule has 1 fully saturated rings. The highest BCUT2D eigenvalue weighted by Crippen LogP contribution is 2.37. The molecule has 0 bridgehead atoms. The van der Waals surface area contributed by atoms with Crippen LogP contribution in [0.1, 0.15) is 38.4 Å². The van der Waals surface area contributed by atoms with Crippen molar-refractivity contribution in [2.45, 2.75) is 44.2 Å². The first kappa shape index (κ1) is 12.8. The molecule has 0 aromatic carbocycles. The highest BCUT2D eigenvalue weighted by atomic mass is 16.3. The molecule has 0 aliphatic heterocycles. The summed E-state index contributed by atoms with van der Waals surface area (Å²) < 4.78 is 5.31. The number of Topliss-reactive ketones (excluding diaryl/α,β-unsaturated/α-hetero) is 1. The summed E-state index contributed by atoms with van der Waals surface area (Å²) in [5, 5.41) is 12.7. The Morgan fingerprint density at radius 2 is 2.33 bits per heavy atom. The highest BCUT2D eigenvalue weighted by Gasteiger charge is 2.44. The fraction of sp³-hybridized carbons (Fsp3) is 0.538. The van der Waals surface area contributed by atoms with Crippen molar-refractivity contribution in [1.29, 1.82) is 0 Å². The van der Waals surface area contributed by atoms with Crippen molar-refractivity contribution >= 4 is 11.7 Å². The summed E-state index contributed by atoms with van der Waals surface area (Å²) >= 11 is 0. The fourth-order valence-electron chi connectivity index (χ4n) is 2.54. The van der Waals surface area contributed by atoms with Gasteiger partial charge in [-0.05, 0) is 25.5 Å². The average Bonchev–Trinajstić information content (AvgIpc) is 2.73. The van der Waals surface area contributed by atoms with Gasteiger partial charge in [-0.15, -0.1) is 0 Å². The number of nitrogens with one attached hydrogen (secondary N) is 1. The molecule has 1 amide bonds. The molecule has 0 unspecified atom stereocenters. The van der Waals surface area contributed by atoms with Crippen LogP contribution < -0.4 is 5.32 Å². The SMILES string of the molecule is CC(=O)N[C@H]1C(=O)C[C@@](C)(O)C[C@@H]1c1ccco1. The minimum atomic E-state index is -1.05. The summed E-state index contributed by atoms with van der Waals surface area (Å²) in [4.78, 5) is 23.2. The Morgan fingerprint density at radius 1 is 1.61 bits per heavy atom. The first-order valence-electron chi connectivity index (χ1n) is 5.95. The van der Waals surface area contributed by atoms with Crippen molar-refractivity contribution in [1.82, 2.24) is 5.32 Å². The Bertz CT molecular complexity index is 450. The molecule has 5 heteroatoms. The van der Waals surface area contributed by atoms with Gasteiger partial charge in [-0.1, -0.05) is 0 Å². The van der Waals surface area contributed by atoms with Crippen molar-refractivity contribution < 1.29 is 19.1 Å². The molecule has 3 atom stereocenters. The van der Waals surface area contributed by atoms with E-state index in [0.717, 1.165) is 0 Å². The molecule has 0 spiro atoms. The van der Waals surface area contributed by atoms with Crippen LogP contribution in [0.25, 0.3) is 0 Å². The van der Waals surface area contributed by atoms with Crippen LogP contribution in [-0.2, 0) is 9.59 Å². The van der Waals surface area contributed by atoms with Gasteiger partial charge in [-0.25, -0.2) is 0 Å². The number of amides is 1. The number of aliphatic hydroxyl groups is 1. The minimum absolute atomic E-state index is 0.0507. The van der Waals surface area contributed by atoms with Gasteiger partial charge in [0.15, 0.2) is 5.78 Å². The molecule has 2 N–H and O–H groups in total. The normalized spacial score (nSPS) is 32.3. The molecule has 1 aromatic rings. The lowest BCUT2D eigenvalue weighted by molar-refractivity contribution is -0.134. The van der Waals surface area contributed by atoms with E-state index in [0.29, 0.717) is 12.2 Å². The van der Waals surface area contributed by atoms with Crippen LogP contribution in [0.2, 0.25) is 0 Å². The van der Waals surface area contributed by atoms with E-state index < -0.39 is 11.6 Å². The number of furan rings is 1. The first-order valence-corrected chi connectivity index (χ1v) is 5.95. The molecule has 2 rings (SSSR count). The summed E-state index contributed by atoms with van der Waals surface area (Å²) in [5.74, 6) is -0.128. The van der Waals surface area contributed by atoms with Gasteiger partial charge in [0.2, 0.25) is 5.91 Å². The Kier molecular flexibility index (Phi) is 3.26. The lowest BCUT2D eigenvalue weighted by Gasteiger charge is -2.37. The zero-order chi connectivity index (χ0) is 13.3. The third kappa shape index (κ3) is 2.61. The number of hydrogen-bond donors (Lipinski definition) is 2. The van der Waals surface area contributed by atoms with Gasteiger partial charge in [0, 0.05) is 19.3 Å². The van der Waals surface area contributed by atoms with Crippen LogP contribution in [0, 0.1) is 0 Å². The van der Waals surface area contributed by atoms with Crippen LogP contribution in [0.3, 0.4) is 0 Å². The molecule has 1 aliphatic rings. The summed E-state index contributed by atoms with van der Waals surface area (Å²) in [7, 11) is 0. The van der Waals surface area contributed by atoms with Crippen molar-refractivity contribution in [2.75, 3.05) is 0 Å². The summed E-state index contributed by atoms with van der Waals surface area (Å²) in [5.41, 5.74) is -1.05. The monoisotopic (exact) mass is 251 g/mol. The van der Waals surface area contributed by atoms with Crippen LogP contribution in [0.15, 0.2) is 22.8 Å². The standard InChI is InChI=1S/C13H17NO4/c1-8(15)14-12-9(11-4-3-5-18-11)6-13(2,17)7-10(12)16/h3-5,9,12,17H,6-7H2,1-2H3,(H,14,15)/t9-,12-,13+/m1/s1. The summed E-state index contributed by atoms with van der Waals surface area (Å²) in [6, 6.07) is 2.87. The Hall–Kier alpha value is -1.62. The van der Waals surface area contributed by atoms with Crippen LogP contribution >= 0.6 is 0 Å². The second-order valence-corrected chi connectivity index (χ2v) is 5.14. The molecule has 1 aromatic heterocycles. The number of ketones is 1. The molecule has 1 heterocycles. The number of hydrogen-bond acceptors (Lipinski definition) is 4. The van der Waals surface area contributed by atoms with Crippen molar-refractivity contribution in [3.05, 3.63) is 24.2 Å². The van der Waals surface area contributed by atoms with Crippen LogP contribution in [-0.4, -0.2) is 28.4 Å². The van der Waals surface area contributed by atoms with Crippen LogP contribution in [0.4, 0.5) is 0 Å². The van der Waals surface area contributed by atoms with Crippen molar-refractivity contribution in [3.8, 4) is 0 Å². The molecular formula is C13H17NO4. The quantitative estimate of drug-likeness (QED) is 0.821. The lowest BCUT2D eigenvalue weighted by Crippen LogP contribution is -2.52. The van der Waals surface area contributed by atoms with E-state index in [-0.39, 0.29) is 24.0 Å². The van der Waals surface area contributed by atoms with E-state index >= 15 is 0 Å². The van der Waals surface area contributed by atoms with E-state index in [1.165, 1.54) is 13.2 Å². The Labute approximate surface area is 105 Å². The van der Waals surface area contributed by atoms with Crippen LogP contribution in [0.5, 0.6) is 0 Å². The van der Waals surface area contributed by atoms with E-state index in [2.05, 4.69) is 5.32 Å². The maximum absolute atomic E-state index is 12.0.